The van der Waals surface area contributed by atoms with Crippen molar-refractivity contribution < 1.29 is 22.8 Å². The lowest BCUT2D eigenvalue weighted by Crippen LogP contribution is -2.29. The van der Waals surface area contributed by atoms with Gasteiger partial charge >= 0.3 is 6.18 Å². The second kappa shape index (κ2) is 4.79. The van der Waals surface area contributed by atoms with E-state index in [-0.39, 0.29) is 36.2 Å². The molecule has 1 saturated carbocycles. The van der Waals surface area contributed by atoms with E-state index in [4.69, 9.17) is 0 Å². The van der Waals surface area contributed by atoms with Crippen molar-refractivity contribution in [2.24, 2.45) is 5.92 Å². The van der Waals surface area contributed by atoms with Crippen LogP contribution in [0.25, 0.3) is 0 Å². The van der Waals surface area contributed by atoms with Crippen molar-refractivity contribution in [3.8, 4) is 0 Å². The van der Waals surface area contributed by atoms with Gasteiger partial charge in [-0.25, -0.2) is 0 Å². The molecule has 0 amide bonds. The molecule has 2 nitrogen and oxygen atoms in total. The van der Waals surface area contributed by atoms with E-state index in [0.29, 0.717) is 5.56 Å². The summed E-state index contributed by atoms with van der Waals surface area (Å²) in [5.41, 5.74) is -0.112. The number of hydrogen-bond acceptors (Lipinski definition) is 2. The summed E-state index contributed by atoms with van der Waals surface area (Å²) in [6, 6.07) is 4.70. The number of hydrogen-bond donors (Lipinski definition) is 0. The maximum Gasteiger partial charge on any atom is 0.416 e. The first-order chi connectivity index (χ1) is 8.79. The fourth-order valence-corrected chi connectivity index (χ4v) is 2.40. The highest BCUT2D eigenvalue weighted by molar-refractivity contribution is 6.03. The lowest BCUT2D eigenvalue weighted by Gasteiger charge is -2.27. The van der Waals surface area contributed by atoms with Crippen LogP contribution in [-0.4, -0.2) is 11.6 Å². The van der Waals surface area contributed by atoms with Gasteiger partial charge in [0.15, 0.2) is 0 Å². The molecule has 2 atom stereocenters. The van der Waals surface area contributed by atoms with Crippen LogP contribution < -0.4 is 0 Å². The number of rotatable bonds is 1. The Labute approximate surface area is 108 Å². The first kappa shape index (κ1) is 13.8. The van der Waals surface area contributed by atoms with Crippen LogP contribution in [0.4, 0.5) is 13.2 Å². The van der Waals surface area contributed by atoms with Crippen molar-refractivity contribution in [2.45, 2.75) is 31.9 Å². The monoisotopic (exact) mass is 270 g/mol. The van der Waals surface area contributed by atoms with Crippen LogP contribution in [0.2, 0.25) is 0 Å². The molecule has 0 bridgehead atoms. The molecule has 1 aromatic rings. The lowest BCUT2D eigenvalue weighted by atomic mass is 9.75. The van der Waals surface area contributed by atoms with Crippen molar-refractivity contribution >= 4 is 11.6 Å². The number of carbonyl (C=O) groups excluding carboxylic acids is 2. The van der Waals surface area contributed by atoms with E-state index in [1.807, 2.05) is 0 Å². The quantitative estimate of drug-likeness (QED) is 0.733. The van der Waals surface area contributed by atoms with Crippen LogP contribution in [0.5, 0.6) is 0 Å². The van der Waals surface area contributed by atoms with Gasteiger partial charge in [-0.05, 0) is 17.7 Å². The molecule has 2 rings (SSSR count). The van der Waals surface area contributed by atoms with Gasteiger partial charge in [0.05, 0.1) is 12.0 Å². The van der Waals surface area contributed by atoms with E-state index in [1.54, 1.807) is 6.92 Å². The van der Waals surface area contributed by atoms with Crippen molar-refractivity contribution in [1.29, 1.82) is 0 Å². The smallest absolute Gasteiger partial charge is 0.299 e. The molecule has 5 heteroatoms. The second-order valence-corrected chi connectivity index (χ2v) is 4.90. The van der Waals surface area contributed by atoms with Gasteiger partial charge in [0.2, 0.25) is 0 Å². The SMILES string of the molecule is CC1C(=O)CC(=O)CC1c1ccc(C(F)(F)F)cc1. The number of Topliss-reactive ketones (excluding diaryl/α,β-unsaturated/α-hetero) is 2. The first-order valence-corrected chi connectivity index (χ1v) is 6.00. The van der Waals surface area contributed by atoms with E-state index < -0.39 is 11.7 Å². The van der Waals surface area contributed by atoms with Crippen LogP contribution in [0.3, 0.4) is 0 Å². The molecule has 0 N–H and O–H groups in total. The van der Waals surface area contributed by atoms with Gasteiger partial charge in [0.1, 0.15) is 11.6 Å². The third-order valence-corrected chi connectivity index (χ3v) is 3.60. The molecule has 0 radical (unpaired) electrons. The molecule has 0 spiro atoms. The standard InChI is InChI=1S/C14H13F3O2/c1-8-12(6-11(18)7-13(8)19)9-2-4-10(5-3-9)14(15,16)17/h2-5,8,12H,6-7H2,1H3. The van der Waals surface area contributed by atoms with Gasteiger partial charge < -0.3 is 0 Å². The largest absolute Gasteiger partial charge is 0.416 e. The molecule has 2 unspecified atom stereocenters. The summed E-state index contributed by atoms with van der Waals surface area (Å²) in [6.45, 7) is 1.72. The van der Waals surface area contributed by atoms with Gasteiger partial charge in [0.25, 0.3) is 0 Å². The minimum atomic E-state index is -4.37. The van der Waals surface area contributed by atoms with Crippen molar-refractivity contribution in [3.05, 3.63) is 35.4 Å². The molecule has 102 valence electrons. The zero-order chi connectivity index (χ0) is 14.2. The van der Waals surface area contributed by atoms with Crippen molar-refractivity contribution in [1.82, 2.24) is 0 Å². The molecule has 1 aliphatic rings. The molecule has 1 fully saturated rings. The van der Waals surface area contributed by atoms with Crippen LogP contribution in [0.15, 0.2) is 24.3 Å². The molecule has 1 aliphatic carbocycles. The van der Waals surface area contributed by atoms with Crippen LogP contribution in [-0.2, 0) is 15.8 Å². The molecule has 0 heterocycles. The summed E-state index contributed by atoms with van der Waals surface area (Å²) in [4.78, 5) is 23.0. The number of alkyl halides is 3. The van der Waals surface area contributed by atoms with Gasteiger partial charge in [-0.3, -0.25) is 9.59 Å². The van der Waals surface area contributed by atoms with Gasteiger partial charge in [-0.2, -0.15) is 13.2 Å². The minimum Gasteiger partial charge on any atom is -0.299 e. The highest BCUT2D eigenvalue weighted by Gasteiger charge is 2.35. The minimum absolute atomic E-state index is 0.0572. The summed E-state index contributed by atoms with van der Waals surface area (Å²) in [6.07, 6.45) is -4.21. The number of benzene rings is 1. The summed E-state index contributed by atoms with van der Waals surface area (Å²) in [7, 11) is 0. The zero-order valence-corrected chi connectivity index (χ0v) is 10.3. The van der Waals surface area contributed by atoms with E-state index in [1.165, 1.54) is 12.1 Å². The summed E-state index contributed by atoms with van der Waals surface area (Å²) < 4.78 is 37.4. The highest BCUT2D eigenvalue weighted by atomic mass is 19.4. The Bertz CT molecular complexity index is 502. The molecule has 1 aromatic carbocycles. The van der Waals surface area contributed by atoms with E-state index in [9.17, 15) is 22.8 Å². The molecular weight excluding hydrogens is 257 g/mol. The summed E-state index contributed by atoms with van der Waals surface area (Å²) >= 11 is 0. The number of ketones is 2. The fraction of sp³-hybridized carbons (Fsp3) is 0.429. The first-order valence-electron chi connectivity index (χ1n) is 6.00. The van der Waals surface area contributed by atoms with Gasteiger partial charge in [-0.1, -0.05) is 19.1 Å². The predicted octanol–water partition coefficient (Wildman–Crippen LogP) is 3.36. The lowest BCUT2D eigenvalue weighted by molar-refractivity contribution is -0.138. The Kier molecular flexibility index (Phi) is 3.47. The van der Waals surface area contributed by atoms with Crippen molar-refractivity contribution in [2.75, 3.05) is 0 Å². The second-order valence-electron chi connectivity index (χ2n) is 4.90. The Morgan fingerprint density at radius 3 is 2.21 bits per heavy atom. The molecule has 19 heavy (non-hydrogen) atoms. The van der Waals surface area contributed by atoms with Gasteiger partial charge in [-0.15, -0.1) is 0 Å². The Morgan fingerprint density at radius 1 is 1.11 bits per heavy atom. The normalized spacial score (nSPS) is 24.6. The van der Waals surface area contributed by atoms with E-state index >= 15 is 0 Å². The average molecular weight is 270 g/mol. The summed E-state index contributed by atoms with van der Waals surface area (Å²) in [5.74, 6) is -0.917. The molecule has 0 saturated heterocycles. The van der Waals surface area contributed by atoms with Gasteiger partial charge in [0, 0.05) is 18.3 Å². The highest BCUT2D eigenvalue weighted by Crippen LogP contribution is 2.36. The predicted molar refractivity (Wildman–Crippen MR) is 62.6 cm³/mol. The topological polar surface area (TPSA) is 34.1 Å². The third kappa shape index (κ3) is 2.85. The number of halogens is 3. The van der Waals surface area contributed by atoms with Crippen LogP contribution in [0, 0.1) is 5.92 Å². The van der Waals surface area contributed by atoms with Crippen molar-refractivity contribution in [3.63, 3.8) is 0 Å². The van der Waals surface area contributed by atoms with Crippen LogP contribution >= 0.6 is 0 Å². The number of carbonyl (C=O) groups is 2. The fourth-order valence-electron chi connectivity index (χ4n) is 2.40. The molecule has 0 aromatic heterocycles. The third-order valence-electron chi connectivity index (χ3n) is 3.60. The maximum atomic E-state index is 12.5. The maximum absolute atomic E-state index is 12.5. The average Bonchev–Trinajstić information content (AvgIpc) is 2.33. The Hall–Kier alpha value is -1.65. The molecular formula is C14H13F3O2. The Balaban J connectivity index is 2.26. The zero-order valence-electron chi connectivity index (χ0n) is 10.3. The Morgan fingerprint density at radius 2 is 1.68 bits per heavy atom. The summed E-state index contributed by atoms with van der Waals surface area (Å²) in [5, 5.41) is 0. The molecule has 0 aliphatic heterocycles. The van der Waals surface area contributed by atoms with E-state index in [2.05, 4.69) is 0 Å². The van der Waals surface area contributed by atoms with Crippen LogP contribution in [0.1, 0.15) is 36.8 Å². The van der Waals surface area contributed by atoms with E-state index in [0.717, 1.165) is 12.1 Å².